The van der Waals surface area contributed by atoms with Crippen molar-refractivity contribution < 1.29 is 4.42 Å². The van der Waals surface area contributed by atoms with Crippen molar-refractivity contribution in [2.24, 2.45) is 0 Å². The number of hydrogen-bond donors (Lipinski definition) is 0. The molecule has 1 aromatic heterocycles. The van der Waals surface area contributed by atoms with E-state index in [1.165, 1.54) is 72.0 Å². The molecule has 1 heteroatoms. The Morgan fingerprint density at radius 3 is 1.38 bits per heavy atom. The van der Waals surface area contributed by atoms with Crippen LogP contribution in [0.3, 0.4) is 0 Å². The van der Waals surface area contributed by atoms with E-state index in [4.69, 9.17) is 4.42 Å². The third-order valence-corrected chi connectivity index (χ3v) is 12.1. The Kier molecular flexibility index (Phi) is 8.98. The molecule has 0 saturated carbocycles. The molecule has 0 fully saturated rings. The van der Waals surface area contributed by atoms with Gasteiger partial charge < -0.3 is 4.42 Å². The SMILES string of the molecule is c1ccc(-c2cccc(-c3ccc(C(c4ccc(-c5ccc(-c6cccc7c6oc6ccccc67)cc5)cc4)c4ccc(-c5ccccc5)c5ccccc45)cc3)c2)cc1. The first-order chi connectivity index (χ1) is 29.7. The number of para-hydroxylation sites is 2. The van der Waals surface area contributed by atoms with E-state index < -0.39 is 0 Å². The van der Waals surface area contributed by atoms with E-state index in [-0.39, 0.29) is 5.92 Å². The van der Waals surface area contributed by atoms with E-state index in [0.29, 0.717) is 0 Å². The molecular weight excluding hydrogens is 725 g/mol. The summed E-state index contributed by atoms with van der Waals surface area (Å²) in [5, 5.41) is 4.82. The van der Waals surface area contributed by atoms with Crippen molar-refractivity contribution in [2.75, 3.05) is 0 Å². The minimum absolute atomic E-state index is 0.0187. The Morgan fingerprint density at radius 1 is 0.267 bits per heavy atom. The predicted octanol–water partition coefficient (Wildman–Crippen LogP) is 16.3. The molecule has 0 N–H and O–H groups in total. The smallest absolute Gasteiger partial charge is 0.143 e. The fourth-order valence-electron chi connectivity index (χ4n) is 9.06. The van der Waals surface area contributed by atoms with Crippen molar-refractivity contribution in [3.63, 3.8) is 0 Å². The Morgan fingerprint density at radius 2 is 0.717 bits per heavy atom. The van der Waals surface area contributed by atoms with E-state index in [9.17, 15) is 0 Å². The van der Waals surface area contributed by atoms with E-state index in [1.54, 1.807) is 0 Å². The van der Waals surface area contributed by atoms with E-state index >= 15 is 0 Å². The maximum absolute atomic E-state index is 6.37. The molecule has 11 aromatic rings. The minimum Gasteiger partial charge on any atom is -0.455 e. The monoisotopic (exact) mass is 764 g/mol. The Bertz CT molecular complexity index is 3270. The van der Waals surface area contributed by atoms with Crippen molar-refractivity contribution in [1.29, 1.82) is 0 Å². The van der Waals surface area contributed by atoms with E-state index in [2.05, 4.69) is 224 Å². The highest BCUT2D eigenvalue weighted by atomic mass is 16.3. The van der Waals surface area contributed by atoms with Crippen molar-refractivity contribution in [3.8, 4) is 55.6 Å². The molecule has 0 radical (unpaired) electrons. The predicted molar refractivity (Wildman–Crippen MR) is 252 cm³/mol. The molecule has 1 atom stereocenters. The van der Waals surface area contributed by atoms with Gasteiger partial charge in [0.25, 0.3) is 0 Å². The molecule has 282 valence electrons. The molecule has 60 heavy (non-hydrogen) atoms. The summed E-state index contributed by atoms with van der Waals surface area (Å²) in [6, 6.07) is 85.7. The molecule has 0 aliphatic carbocycles. The second-order valence-electron chi connectivity index (χ2n) is 15.6. The fourth-order valence-corrected chi connectivity index (χ4v) is 9.06. The Hall–Kier alpha value is -7.74. The molecule has 0 aliphatic heterocycles. The largest absolute Gasteiger partial charge is 0.455 e. The number of rotatable bonds is 8. The zero-order valence-electron chi connectivity index (χ0n) is 33.0. The van der Waals surface area contributed by atoms with E-state index in [1.807, 2.05) is 12.1 Å². The highest BCUT2D eigenvalue weighted by molar-refractivity contribution is 6.09. The number of hydrogen-bond acceptors (Lipinski definition) is 1. The molecule has 0 spiro atoms. The molecule has 0 amide bonds. The van der Waals surface area contributed by atoms with Crippen LogP contribution in [0.5, 0.6) is 0 Å². The van der Waals surface area contributed by atoms with Crippen LogP contribution >= 0.6 is 0 Å². The zero-order valence-corrected chi connectivity index (χ0v) is 33.0. The van der Waals surface area contributed by atoms with Gasteiger partial charge in [-0.3, -0.25) is 0 Å². The fraction of sp³-hybridized carbons (Fsp3) is 0.0169. The van der Waals surface area contributed by atoms with Crippen molar-refractivity contribution in [3.05, 3.63) is 253 Å². The lowest BCUT2D eigenvalue weighted by Crippen LogP contribution is -2.05. The summed E-state index contributed by atoms with van der Waals surface area (Å²) in [5.74, 6) is 0.0187. The van der Waals surface area contributed by atoms with Gasteiger partial charge in [0.15, 0.2) is 0 Å². The summed E-state index contributed by atoms with van der Waals surface area (Å²) < 4.78 is 6.37. The van der Waals surface area contributed by atoms with Crippen molar-refractivity contribution in [2.45, 2.75) is 5.92 Å². The number of furan rings is 1. The maximum Gasteiger partial charge on any atom is 0.143 e. The van der Waals surface area contributed by atoms with Gasteiger partial charge in [0.1, 0.15) is 11.2 Å². The first-order valence-electron chi connectivity index (χ1n) is 20.7. The van der Waals surface area contributed by atoms with Gasteiger partial charge in [-0.1, -0.05) is 224 Å². The summed E-state index contributed by atoms with van der Waals surface area (Å²) in [6.45, 7) is 0. The minimum atomic E-state index is 0.0187. The van der Waals surface area contributed by atoms with Crippen LogP contribution < -0.4 is 0 Å². The molecular formula is C59H40O. The lowest BCUT2D eigenvalue weighted by molar-refractivity contribution is 0.670. The van der Waals surface area contributed by atoms with Crippen LogP contribution in [0, 0.1) is 0 Å². The lowest BCUT2D eigenvalue weighted by Gasteiger charge is -2.23. The maximum atomic E-state index is 6.37. The summed E-state index contributed by atoms with van der Waals surface area (Å²) in [6.07, 6.45) is 0. The second kappa shape index (κ2) is 15.2. The van der Waals surface area contributed by atoms with Crippen LogP contribution in [-0.2, 0) is 0 Å². The molecule has 11 rings (SSSR count). The van der Waals surface area contributed by atoms with Gasteiger partial charge in [-0.05, 0) is 89.7 Å². The van der Waals surface area contributed by atoms with Gasteiger partial charge in [0, 0.05) is 22.3 Å². The standard InChI is InChI=1S/C59H40O/c1-3-13-40(14-4-1)48-17-11-18-49(39-48)43-29-35-47(36-30-43)58(55-38-37-50(44-15-5-2-6-16-44)52-19-7-8-20-53(52)55)46-33-27-42(28-34-46)41-25-31-45(32-26-41)51-22-12-23-56-54-21-9-10-24-57(54)60-59(51)56/h1-39,58H. The summed E-state index contributed by atoms with van der Waals surface area (Å²) in [7, 11) is 0. The molecule has 1 heterocycles. The average molecular weight is 765 g/mol. The quantitative estimate of drug-likeness (QED) is 0.140. The summed E-state index contributed by atoms with van der Waals surface area (Å²) in [5.41, 5.74) is 17.6. The van der Waals surface area contributed by atoms with Gasteiger partial charge >= 0.3 is 0 Å². The molecule has 0 saturated heterocycles. The van der Waals surface area contributed by atoms with Crippen LogP contribution in [0.2, 0.25) is 0 Å². The lowest BCUT2D eigenvalue weighted by atomic mass is 9.80. The van der Waals surface area contributed by atoms with Crippen LogP contribution in [0.1, 0.15) is 22.6 Å². The summed E-state index contributed by atoms with van der Waals surface area (Å²) >= 11 is 0. The normalized spacial score (nSPS) is 11.9. The van der Waals surface area contributed by atoms with Crippen LogP contribution in [-0.4, -0.2) is 0 Å². The van der Waals surface area contributed by atoms with Gasteiger partial charge in [-0.15, -0.1) is 0 Å². The first-order valence-corrected chi connectivity index (χ1v) is 20.7. The first kappa shape index (κ1) is 35.4. The topological polar surface area (TPSA) is 13.1 Å². The molecule has 1 unspecified atom stereocenters. The zero-order chi connectivity index (χ0) is 39.8. The molecule has 0 aliphatic rings. The van der Waals surface area contributed by atoms with Gasteiger partial charge in [-0.25, -0.2) is 0 Å². The van der Waals surface area contributed by atoms with Gasteiger partial charge in [-0.2, -0.15) is 0 Å². The molecule has 10 aromatic carbocycles. The molecule has 0 bridgehead atoms. The Balaban J connectivity index is 0.969. The van der Waals surface area contributed by atoms with Crippen molar-refractivity contribution >= 4 is 32.7 Å². The molecule has 1 nitrogen and oxygen atoms in total. The summed E-state index contributed by atoms with van der Waals surface area (Å²) in [4.78, 5) is 0. The van der Waals surface area contributed by atoms with Crippen molar-refractivity contribution in [1.82, 2.24) is 0 Å². The van der Waals surface area contributed by atoms with Gasteiger partial charge in [0.2, 0.25) is 0 Å². The van der Waals surface area contributed by atoms with Crippen LogP contribution in [0.4, 0.5) is 0 Å². The average Bonchev–Trinajstić information content (AvgIpc) is 3.72. The van der Waals surface area contributed by atoms with Crippen LogP contribution in [0.25, 0.3) is 88.3 Å². The third kappa shape index (κ3) is 6.47. The van der Waals surface area contributed by atoms with E-state index in [0.717, 1.165) is 33.1 Å². The van der Waals surface area contributed by atoms with Gasteiger partial charge in [0.05, 0.1) is 0 Å². The number of fused-ring (bicyclic) bond motifs is 4. The second-order valence-corrected chi connectivity index (χ2v) is 15.6. The highest BCUT2D eigenvalue weighted by Crippen LogP contribution is 2.42. The number of benzene rings is 10. The third-order valence-electron chi connectivity index (χ3n) is 12.1. The Labute approximate surface area is 350 Å². The highest BCUT2D eigenvalue weighted by Gasteiger charge is 2.21. The van der Waals surface area contributed by atoms with Crippen LogP contribution in [0.15, 0.2) is 241 Å².